The zero-order valence-electron chi connectivity index (χ0n) is 15.4. The Kier molecular flexibility index (Phi) is 3.93. The van der Waals surface area contributed by atoms with Crippen molar-refractivity contribution in [3.63, 3.8) is 0 Å². The Labute approximate surface area is 159 Å². The first kappa shape index (κ1) is 16.1. The molecule has 0 aromatic heterocycles. The van der Waals surface area contributed by atoms with Gasteiger partial charge in [0.25, 0.3) is 0 Å². The average molecular weight is 354 g/mol. The predicted octanol–water partition coefficient (Wildman–Crippen LogP) is 5.22. The highest BCUT2D eigenvalue weighted by Crippen LogP contribution is 2.45. The highest BCUT2D eigenvalue weighted by molar-refractivity contribution is 6.07. The van der Waals surface area contributed by atoms with Gasteiger partial charge in [-0.25, -0.2) is 0 Å². The smallest absolute Gasteiger partial charge is 0.118 e. The van der Waals surface area contributed by atoms with Crippen molar-refractivity contribution >= 4 is 11.4 Å². The summed E-state index contributed by atoms with van der Waals surface area (Å²) in [6, 6.07) is 27.9. The summed E-state index contributed by atoms with van der Waals surface area (Å²) in [6.07, 6.45) is 2.23. The second kappa shape index (κ2) is 6.58. The van der Waals surface area contributed by atoms with Crippen molar-refractivity contribution in [1.29, 1.82) is 0 Å². The number of benzene rings is 3. The van der Waals surface area contributed by atoms with E-state index < -0.39 is 0 Å². The molecule has 0 radical (unpaired) electrons. The van der Waals surface area contributed by atoms with Crippen LogP contribution in [0.5, 0.6) is 5.75 Å². The fourth-order valence-electron chi connectivity index (χ4n) is 4.39. The van der Waals surface area contributed by atoms with Crippen LogP contribution in [0.2, 0.25) is 0 Å². The molecule has 27 heavy (non-hydrogen) atoms. The molecule has 2 atom stereocenters. The van der Waals surface area contributed by atoms with Crippen LogP contribution in [0.3, 0.4) is 0 Å². The molecule has 2 aliphatic rings. The molecule has 0 amide bonds. The lowest BCUT2D eigenvalue weighted by molar-refractivity contribution is 0.414. The van der Waals surface area contributed by atoms with Crippen LogP contribution in [0.4, 0.5) is 5.69 Å². The molecule has 3 aromatic rings. The molecule has 1 aliphatic carbocycles. The van der Waals surface area contributed by atoms with Gasteiger partial charge in [0.1, 0.15) is 5.75 Å². The van der Waals surface area contributed by atoms with Crippen LogP contribution in [-0.2, 0) is 6.42 Å². The van der Waals surface area contributed by atoms with Crippen molar-refractivity contribution in [2.75, 3.05) is 12.1 Å². The Balaban J connectivity index is 1.62. The molecule has 5 rings (SSSR count). The number of hydrogen-bond donors (Lipinski definition) is 0. The van der Waals surface area contributed by atoms with Crippen LogP contribution in [0.15, 0.2) is 84.0 Å². The molecular weight excluding hydrogens is 332 g/mol. The minimum atomic E-state index is 0.210. The van der Waals surface area contributed by atoms with E-state index >= 15 is 0 Å². The third-order valence-corrected chi connectivity index (χ3v) is 5.71. The molecule has 3 aromatic carbocycles. The number of aryl methyl sites for hydroxylation is 1. The summed E-state index contributed by atoms with van der Waals surface area (Å²) in [6.45, 7) is 0. The molecule has 3 nitrogen and oxygen atoms in total. The second-order valence-electron chi connectivity index (χ2n) is 7.19. The zero-order chi connectivity index (χ0) is 18.2. The summed E-state index contributed by atoms with van der Waals surface area (Å²) in [7, 11) is 1.71. The highest BCUT2D eigenvalue weighted by atomic mass is 16.5. The monoisotopic (exact) mass is 354 g/mol. The number of fused-ring (bicyclic) bond motifs is 3. The van der Waals surface area contributed by atoms with Gasteiger partial charge < -0.3 is 4.74 Å². The molecule has 0 saturated heterocycles. The van der Waals surface area contributed by atoms with E-state index in [-0.39, 0.29) is 6.04 Å². The van der Waals surface area contributed by atoms with E-state index in [4.69, 9.17) is 9.84 Å². The summed E-state index contributed by atoms with van der Waals surface area (Å²) < 4.78 is 5.35. The van der Waals surface area contributed by atoms with Crippen LogP contribution < -0.4 is 9.75 Å². The van der Waals surface area contributed by atoms with Gasteiger partial charge >= 0.3 is 0 Å². The van der Waals surface area contributed by atoms with E-state index in [1.54, 1.807) is 7.11 Å². The largest absolute Gasteiger partial charge is 0.497 e. The second-order valence-corrected chi connectivity index (χ2v) is 7.19. The van der Waals surface area contributed by atoms with Gasteiger partial charge in [0.15, 0.2) is 0 Å². The maximum absolute atomic E-state index is 5.35. The molecule has 0 saturated carbocycles. The number of para-hydroxylation sites is 1. The van der Waals surface area contributed by atoms with Crippen molar-refractivity contribution < 1.29 is 4.74 Å². The summed E-state index contributed by atoms with van der Waals surface area (Å²) in [4.78, 5) is 0. The average Bonchev–Trinajstić information content (AvgIpc) is 3.14. The minimum absolute atomic E-state index is 0.210. The Morgan fingerprint density at radius 2 is 1.63 bits per heavy atom. The van der Waals surface area contributed by atoms with E-state index in [1.165, 1.54) is 22.4 Å². The first-order chi connectivity index (χ1) is 13.3. The molecule has 0 spiro atoms. The highest BCUT2D eigenvalue weighted by Gasteiger charge is 2.41. The van der Waals surface area contributed by atoms with Gasteiger partial charge in [-0.2, -0.15) is 5.10 Å². The molecule has 0 N–H and O–H groups in total. The lowest BCUT2D eigenvalue weighted by atomic mass is 9.77. The molecule has 0 bridgehead atoms. The lowest BCUT2D eigenvalue weighted by Crippen LogP contribution is -2.28. The molecule has 134 valence electrons. The molecule has 3 heteroatoms. The molecule has 1 heterocycles. The molecule has 0 unspecified atom stereocenters. The van der Waals surface area contributed by atoms with Crippen molar-refractivity contribution in [2.24, 2.45) is 11.0 Å². The molecule has 1 aliphatic heterocycles. The summed E-state index contributed by atoms with van der Waals surface area (Å²) in [5, 5.41) is 7.35. The number of hydrazone groups is 1. The van der Waals surface area contributed by atoms with Gasteiger partial charge in [-0.05, 0) is 48.2 Å². The van der Waals surface area contributed by atoms with Gasteiger partial charge in [0, 0.05) is 11.5 Å². The van der Waals surface area contributed by atoms with Crippen LogP contribution in [-0.4, -0.2) is 12.8 Å². The van der Waals surface area contributed by atoms with E-state index in [0.29, 0.717) is 5.92 Å². The van der Waals surface area contributed by atoms with E-state index in [1.807, 2.05) is 12.1 Å². The van der Waals surface area contributed by atoms with Crippen LogP contribution >= 0.6 is 0 Å². The first-order valence-electron chi connectivity index (χ1n) is 9.50. The standard InChI is InChI=1S/C24H22N2O/c1-27-20-14-11-18(12-15-20)24-22-16-13-17-7-5-6-10-21(17)23(22)25-26(24)19-8-3-2-4-9-19/h2-12,14-15,22,24H,13,16H2,1H3/t22-,24-/m1/s1. The summed E-state index contributed by atoms with van der Waals surface area (Å²) in [5.41, 5.74) is 6.36. The Hall–Kier alpha value is -3.07. The predicted molar refractivity (Wildman–Crippen MR) is 109 cm³/mol. The quantitative estimate of drug-likeness (QED) is 0.644. The SMILES string of the molecule is COc1ccc([C@@H]2[C@@H]3CCc4ccccc4C3=NN2c2ccccc2)cc1. The third-order valence-electron chi connectivity index (χ3n) is 5.71. The Morgan fingerprint density at radius 3 is 2.41 bits per heavy atom. The van der Waals surface area contributed by atoms with Gasteiger partial charge in [0.05, 0.1) is 24.6 Å². The Morgan fingerprint density at radius 1 is 0.889 bits per heavy atom. The normalized spacial score (nSPS) is 20.6. The van der Waals surface area contributed by atoms with Crippen LogP contribution in [0, 0.1) is 5.92 Å². The number of anilines is 1. The van der Waals surface area contributed by atoms with Gasteiger partial charge in [-0.3, -0.25) is 5.01 Å². The number of rotatable bonds is 3. The van der Waals surface area contributed by atoms with Crippen LogP contribution in [0.1, 0.15) is 29.2 Å². The summed E-state index contributed by atoms with van der Waals surface area (Å²) in [5.74, 6) is 1.28. The minimum Gasteiger partial charge on any atom is -0.497 e. The van der Waals surface area contributed by atoms with Gasteiger partial charge in [0.2, 0.25) is 0 Å². The first-order valence-corrected chi connectivity index (χ1v) is 9.50. The van der Waals surface area contributed by atoms with Gasteiger partial charge in [-0.1, -0.05) is 54.6 Å². The van der Waals surface area contributed by atoms with Crippen molar-refractivity contribution in [3.8, 4) is 5.75 Å². The molecular formula is C24H22N2O. The van der Waals surface area contributed by atoms with Crippen LogP contribution in [0.25, 0.3) is 0 Å². The van der Waals surface area contributed by atoms with Crippen molar-refractivity contribution in [3.05, 3.63) is 95.6 Å². The third kappa shape index (κ3) is 2.71. The van der Waals surface area contributed by atoms with Crippen molar-refractivity contribution in [2.45, 2.75) is 18.9 Å². The van der Waals surface area contributed by atoms with Crippen molar-refractivity contribution in [1.82, 2.24) is 0 Å². The number of methoxy groups -OCH3 is 1. The summed E-state index contributed by atoms with van der Waals surface area (Å²) >= 11 is 0. The van der Waals surface area contributed by atoms with E-state index in [0.717, 1.165) is 24.3 Å². The maximum atomic E-state index is 5.35. The maximum Gasteiger partial charge on any atom is 0.118 e. The fourth-order valence-corrected chi connectivity index (χ4v) is 4.39. The van der Waals surface area contributed by atoms with E-state index in [2.05, 4.69) is 71.7 Å². The Bertz CT molecular complexity index is 979. The zero-order valence-corrected chi connectivity index (χ0v) is 15.4. The lowest BCUT2D eigenvalue weighted by Gasteiger charge is -2.30. The topological polar surface area (TPSA) is 24.8 Å². The van der Waals surface area contributed by atoms with Gasteiger partial charge in [-0.15, -0.1) is 0 Å². The number of ether oxygens (including phenoxy) is 1. The fraction of sp³-hybridized carbons (Fsp3) is 0.208. The molecule has 0 fully saturated rings. The number of hydrogen-bond acceptors (Lipinski definition) is 3. The van der Waals surface area contributed by atoms with E-state index in [9.17, 15) is 0 Å². The number of nitrogens with zero attached hydrogens (tertiary/aromatic N) is 2.